The first-order chi connectivity index (χ1) is 9.65. The molecule has 0 saturated carbocycles. The molecule has 0 spiro atoms. The fourth-order valence-electron chi connectivity index (χ4n) is 2.02. The van der Waals surface area contributed by atoms with E-state index in [9.17, 15) is 4.79 Å². The zero-order valence-corrected chi connectivity index (χ0v) is 10.7. The fraction of sp³-hybridized carbons (Fsp3) is 0.167. The molecule has 8 heteroatoms. The van der Waals surface area contributed by atoms with Crippen LogP contribution in [0.1, 0.15) is 29.1 Å². The molecule has 8 nitrogen and oxygen atoms in total. The second-order valence-corrected chi connectivity index (χ2v) is 4.47. The Morgan fingerprint density at radius 1 is 1.45 bits per heavy atom. The summed E-state index contributed by atoms with van der Waals surface area (Å²) in [6.45, 7) is 1.78. The highest BCUT2D eigenvalue weighted by Crippen LogP contribution is 2.21. The van der Waals surface area contributed by atoms with Gasteiger partial charge in [-0.05, 0) is 25.1 Å². The van der Waals surface area contributed by atoms with Crippen LogP contribution in [0.2, 0.25) is 0 Å². The van der Waals surface area contributed by atoms with Crippen LogP contribution in [0, 0.1) is 0 Å². The number of carbonyl (C=O) groups excluding carboxylic acids is 1. The van der Waals surface area contributed by atoms with Gasteiger partial charge in [0.15, 0.2) is 5.82 Å². The van der Waals surface area contributed by atoms with E-state index in [1.165, 1.54) is 0 Å². The molecule has 2 heterocycles. The molecule has 3 aromatic rings. The number of hydrogen-bond acceptors (Lipinski definition) is 5. The Morgan fingerprint density at radius 3 is 3.05 bits per heavy atom. The second kappa shape index (κ2) is 4.65. The van der Waals surface area contributed by atoms with Crippen molar-refractivity contribution >= 4 is 22.5 Å². The molecule has 0 radical (unpaired) electrons. The monoisotopic (exact) mass is 271 g/mol. The number of H-pyrrole nitrogens is 2. The van der Waals surface area contributed by atoms with E-state index >= 15 is 0 Å². The second-order valence-electron chi connectivity index (χ2n) is 4.47. The van der Waals surface area contributed by atoms with Crippen LogP contribution in [0.4, 0.5) is 5.69 Å². The molecule has 1 atom stereocenters. The van der Waals surface area contributed by atoms with Crippen LogP contribution in [0.25, 0.3) is 10.9 Å². The average molecular weight is 271 g/mol. The van der Waals surface area contributed by atoms with Crippen LogP contribution in [0.15, 0.2) is 24.4 Å². The molecule has 0 aliphatic carbocycles. The van der Waals surface area contributed by atoms with Crippen LogP contribution in [-0.4, -0.2) is 31.5 Å². The van der Waals surface area contributed by atoms with Crippen LogP contribution >= 0.6 is 0 Å². The van der Waals surface area contributed by atoms with Crippen LogP contribution < -0.4 is 11.1 Å². The Balaban J connectivity index is 1.87. The van der Waals surface area contributed by atoms with E-state index in [-0.39, 0.29) is 11.9 Å². The summed E-state index contributed by atoms with van der Waals surface area (Å²) < 4.78 is 0. The number of amides is 1. The number of rotatable bonds is 3. The van der Waals surface area contributed by atoms with Crippen molar-refractivity contribution in [2.75, 3.05) is 5.73 Å². The van der Waals surface area contributed by atoms with Gasteiger partial charge in [0.25, 0.3) is 5.91 Å². The highest BCUT2D eigenvalue weighted by molar-refractivity contribution is 6.07. The maximum Gasteiger partial charge on any atom is 0.254 e. The van der Waals surface area contributed by atoms with Crippen molar-refractivity contribution in [3.63, 3.8) is 0 Å². The lowest BCUT2D eigenvalue weighted by Gasteiger charge is -2.09. The number of nitrogen functional groups attached to an aromatic ring is 1. The molecule has 102 valence electrons. The number of nitrogens with two attached hydrogens (primary N) is 1. The molecule has 1 amide bonds. The van der Waals surface area contributed by atoms with E-state index in [2.05, 4.69) is 30.9 Å². The Bertz CT molecular complexity index is 746. The standard InChI is InChI=1S/C12H13N7O/c1-6(11-16-18-19-17-11)15-12(20)9-5-14-10-3-2-7(13)4-8(9)10/h2-6,14H,13H2,1H3,(H,15,20)(H,16,17,18,19). The van der Waals surface area contributed by atoms with Gasteiger partial charge in [-0.15, -0.1) is 10.2 Å². The largest absolute Gasteiger partial charge is 0.399 e. The summed E-state index contributed by atoms with van der Waals surface area (Å²) in [5.41, 5.74) is 7.75. The molecule has 1 aromatic carbocycles. The molecular formula is C12H13N7O. The lowest BCUT2D eigenvalue weighted by molar-refractivity contribution is 0.0940. The van der Waals surface area contributed by atoms with Crippen molar-refractivity contribution in [2.24, 2.45) is 0 Å². The SMILES string of the molecule is CC(NC(=O)c1c[nH]c2ccc(N)cc12)c1nn[nH]n1. The maximum absolute atomic E-state index is 12.3. The molecule has 0 bridgehead atoms. The van der Waals surface area contributed by atoms with Crippen molar-refractivity contribution in [1.29, 1.82) is 0 Å². The molecule has 0 aliphatic heterocycles. The topological polar surface area (TPSA) is 125 Å². The predicted octanol–water partition coefficient (Wildman–Crippen LogP) is 0.754. The summed E-state index contributed by atoms with van der Waals surface area (Å²) >= 11 is 0. The predicted molar refractivity (Wildman–Crippen MR) is 72.8 cm³/mol. The van der Waals surface area contributed by atoms with Crippen molar-refractivity contribution < 1.29 is 4.79 Å². The molecule has 5 N–H and O–H groups in total. The number of aromatic amines is 2. The van der Waals surface area contributed by atoms with E-state index in [4.69, 9.17) is 5.73 Å². The number of benzene rings is 1. The van der Waals surface area contributed by atoms with Gasteiger partial charge in [0.05, 0.1) is 11.6 Å². The number of fused-ring (bicyclic) bond motifs is 1. The Labute approximate surface area is 113 Å². The van der Waals surface area contributed by atoms with E-state index in [1.807, 2.05) is 6.07 Å². The van der Waals surface area contributed by atoms with Gasteiger partial charge in [-0.3, -0.25) is 4.79 Å². The number of hydrogen-bond donors (Lipinski definition) is 4. The van der Waals surface area contributed by atoms with Crippen LogP contribution in [0.5, 0.6) is 0 Å². The molecule has 0 aliphatic rings. The first-order valence-corrected chi connectivity index (χ1v) is 6.06. The zero-order chi connectivity index (χ0) is 14.1. The van der Waals surface area contributed by atoms with Gasteiger partial charge >= 0.3 is 0 Å². The summed E-state index contributed by atoms with van der Waals surface area (Å²) in [6.07, 6.45) is 1.66. The normalized spacial score (nSPS) is 12.4. The first-order valence-electron chi connectivity index (χ1n) is 6.06. The van der Waals surface area contributed by atoms with E-state index in [1.54, 1.807) is 25.3 Å². The Kier molecular flexibility index (Phi) is 2.82. The van der Waals surface area contributed by atoms with Crippen molar-refractivity contribution in [1.82, 2.24) is 30.9 Å². The molecular weight excluding hydrogens is 258 g/mol. The third-order valence-corrected chi connectivity index (χ3v) is 3.05. The molecule has 20 heavy (non-hydrogen) atoms. The summed E-state index contributed by atoms with van der Waals surface area (Å²) in [5.74, 6) is 0.205. The number of aromatic nitrogens is 5. The molecule has 0 fully saturated rings. The van der Waals surface area contributed by atoms with Crippen molar-refractivity contribution in [3.05, 3.63) is 35.8 Å². The lowest BCUT2D eigenvalue weighted by Crippen LogP contribution is -2.27. The summed E-state index contributed by atoms with van der Waals surface area (Å²) in [7, 11) is 0. The quantitative estimate of drug-likeness (QED) is 0.523. The number of nitrogens with one attached hydrogen (secondary N) is 3. The number of nitrogens with zero attached hydrogens (tertiary/aromatic N) is 3. The zero-order valence-electron chi connectivity index (χ0n) is 10.7. The third-order valence-electron chi connectivity index (χ3n) is 3.05. The van der Waals surface area contributed by atoms with Gasteiger partial charge in [0, 0.05) is 22.8 Å². The Hall–Kier alpha value is -2.90. The van der Waals surface area contributed by atoms with Gasteiger partial charge in [0.2, 0.25) is 0 Å². The van der Waals surface area contributed by atoms with Gasteiger partial charge < -0.3 is 16.0 Å². The highest BCUT2D eigenvalue weighted by atomic mass is 16.1. The first kappa shape index (κ1) is 12.2. The van der Waals surface area contributed by atoms with Gasteiger partial charge in [-0.25, -0.2) is 0 Å². The number of anilines is 1. The van der Waals surface area contributed by atoms with E-state index in [0.29, 0.717) is 17.1 Å². The van der Waals surface area contributed by atoms with Gasteiger partial charge in [-0.2, -0.15) is 5.21 Å². The Morgan fingerprint density at radius 2 is 2.30 bits per heavy atom. The van der Waals surface area contributed by atoms with E-state index < -0.39 is 0 Å². The van der Waals surface area contributed by atoms with Gasteiger partial charge in [-0.1, -0.05) is 5.21 Å². The average Bonchev–Trinajstić information content (AvgIpc) is 3.07. The molecule has 2 aromatic heterocycles. The summed E-state index contributed by atoms with van der Waals surface area (Å²) in [4.78, 5) is 15.3. The summed E-state index contributed by atoms with van der Waals surface area (Å²) in [6, 6.07) is 5.04. The number of carbonyl (C=O) groups is 1. The summed E-state index contributed by atoms with van der Waals surface area (Å²) in [5, 5.41) is 17.1. The smallest absolute Gasteiger partial charge is 0.254 e. The van der Waals surface area contributed by atoms with Gasteiger partial charge in [0.1, 0.15) is 0 Å². The molecule has 1 unspecified atom stereocenters. The molecule has 3 rings (SSSR count). The van der Waals surface area contributed by atoms with Crippen LogP contribution in [-0.2, 0) is 0 Å². The lowest BCUT2D eigenvalue weighted by atomic mass is 10.1. The van der Waals surface area contributed by atoms with Crippen molar-refractivity contribution in [3.8, 4) is 0 Å². The number of tetrazole rings is 1. The van der Waals surface area contributed by atoms with Crippen molar-refractivity contribution in [2.45, 2.75) is 13.0 Å². The minimum atomic E-state index is -0.341. The van der Waals surface area contributed by atoms with Crippen LogP contribution in [0.3, 0.4) is 0 Å². The minimum Gasteiger partial charge on any atom is -0.399 e. The third kappa shape index (κ3) is 2.07. The fourth-order valence-corrected chi connectivity index (χ4v) is 2.02. The maximum atomic E-state index is 12.3. The van der Waals surface area contributed by atoms with E-state index in [0.717, 1.165) is 10.9 Å². The molecule has 0 saturated heterocycles. The minimum absolute atomic E-state index is 0.223. The highest BCUT2D eigenvalue weighted by Gasteiger charge is 2.17.